The van der Waals surface area contributed by atoms with Gasteiger partial charge in [0.1, 0.15) is 11.5 Å². The predicted molar refractivity (Wildman–Crippen MR) is 125 cm³/mol. The smallest absolute Gasteiger partial charge is 0.416 e. The monoisotopic (exact) mass is 481 g/mol. The van der Waals surface area contributed by atoms with Gasteiger partial charge in [0.15, 0.2) is 0 Å². The summed E-state index contributed by atoms with van der Waals surface area (Å²) >= 11 is 0. The second-order valence-electron chi connectivity index (χ2n) is 7.73. The SMILES string of the molecule is COc1cc(CNC(=O)c2ccc(-c3cc(-c4cccc(C(F)(F)F)c4)n[nH]3)cc2)cc(OC)c1. The molecular weight excluding hydrogens is 459 g/mol. The molecule has 1 amide bonds. The Hall–Kier alpha value is -4.27. The fourth-order valence-electron chi connectivity index (χ4n) is 3.53. The number of ether oxygens (including phenoxy) is 2. The number of rotatable bonds is 7. The summed E-state index contributed by atoms with van der Waals surface area (Å²) < 4.78 is 49.5. The minimum absolute atomic E-state index is 0.257. The van der Waals surface area contributed by atoms with E-state index in [9.17, 15) is 18.0 Å². The van der Waals surface area contributed by atoms with Crippen LogP contribution < -0.4 is 14.8 Å². The summed E-state index contributed by atoms with van der Waals surface area (Å²) in [4.78, 5) is 12.6. The van der Waals surface area contributed by atoms with Crippen molar-refractivity contribution >= 4 is 5.91 Å². The number of methoxy groups -OCH3 is 2. The van der Waals surface area contributed by atoms with Crippen molar-refractivity contribution in [2.24, 2.45) is 0 Å². The fourth-order valence-corrected chi connectivity index (χ4v) is 3.53. The highest BCUT2D eigenvalue weighted by molar-refractivity contribution is 5.94. The molecule has 2 N–H and O–H groups in total. The Labute approximate surface area is 199 Å². The van der Waals surface area contributed by atoms with E-state index in [4.69, 9.17) is 9.47 Å². The number of halogens is 3. The van der Waals surface area contributed by atoms with E-state index in [0.29, 0.717) is 34.0 Å². The van der Waals surface area contributed by atoms with E-state index < -0.39 is 11.7 Å². The minimum atomic E-state index is -4.43. The highest BCUT2D eigenvalue weighted by atomic mass is 19.4. The number of hydrogen-bond donors (Lipinski definition) is 2. The van der Waals surface area contributed by atoms with Crippen LogP contribution in [0, 0.1) is 0 Å². The largest absolute Gasteiger partial charge is 0.497 e. The van der Waals surface area contributed by atoms with Gasteiger partial charge in [-0.05, 0) is 53.6 Å². The minimum Gasteiger partial charge on any atom is -0.497 e. The molecule has 9 heteroatoms. The van der Waals surface area contributed by atoms with E-state index in [0.717, 1.165) is 23.3 Å². The van der Waals surface area contributed by atoms with Crippen molar-refractivity contribution in [3.05, 3.63) is 89.5 Å². The molecule has 0 saturated heterocycles. The number of carbonyl (C=O) groups excluding carboxylic acids is 1. The lowest BCUT2D eigenvalue weighted by atomic mass is 10.1. The summed E-state index contributed by atoms with van der Waals surface area (Å²) in [5, 5.41) is 9.84. The molecule has 1 aromatic heterocycles. The zero-order chi connectivity index (χ0) is 25.0. The molecule has 0 aliphatic heterocycles. The van der Waals surface area contributed by atoms with Gasteiger partial charge in [-0.25, -0.2) is 0 Å². The Morgan fingerprint density at radius 3 is 2.23 bits per heavy atom. The summed E-state index contributed by atoms with van der Waals surface area (Å²) in [6.45, 7) is 0.287. The van der Waals surface area contributed by atoms with Crippen molar-refractivity contribution in [1.29, 1.82) is 0 Å². The Balaban J connectivity index is 1.44. The van der Waals surface area contributed by atoms with E-state index in [2.05, 4.69) is 15.5 Å². The number of H-pyrrole nitrogens is 1. The molecule has 0 aliphatic rings. The van der Waals surface area contributed by atoms with Crippen LogP contribution in [0.4, 0.5) is 13.2 Å². The number of benzene rings is 3. The first-order chi connectivity index (χ1) is 16.8. The molecule has 35 heavy (non-hydrogen) atoms. The van der Waals surface area contributed by atoms with Crippen LogP contribution in [0.15, 0.2) is 72.8 Å². The van der Waals surface area contributed by atoms with E-state index in [1.807, 2.05) is 12.1 Å². The van der Waals surface area contributed by atoms with Crippen molar-refractivity contribution in [3.63, 3.8) is 0 Å². The summed E-state index contributed by atoms with van der Waals surface area (Å²) in [6, 6.07) is 18.9. The second-order valence-corrected chi connectivity index (χ2v) is 7.73. The van der Waals surface area contributed by atoms with Crippen molar-refractivity contribution in [1.82, 2.24) is 15.5 Å². The van der Waals surface area contributed by atoms with Crippen molar-refractivity contribution in [2.75, 3.05) is 14.2 Å². The molecule has 0 saturated carbocycles. The number of carbonyl (C=O) groups is 1. The maximum atomic E-state index is 13.0. The van der Waals surface area contributed by atoms with Gasteiger partial charge in [-0.15, -0.1) is 0 Å². The first kappa shape index (κ1) is 23.9. The summed E-state index contributed by atoms with van der Waals surface area (Å²) in [5.41, 5.74) is 2.65. The van der Waals surface area contributed by atoms with E-state index in [1.54, 1.807) is 56.7 Å². The molecule has 0 fully saturated rings. The van der Waals surface area contributed by atoms with Crippen LogP contribution in [-0.4, -0.2) is 30.3 Å². The van der Waals surface area contributed by atoms with Gasteiger partial charge in [0, 0.05) is 23.7 Å². The highest BCUT2D eigenvalue weighted by Crippen LogP contribution is 2.32. The quantitative estimate of drug-likeness (QED) is 0.355. The highest BCUT2D eigenvalue weighted by Gasteiger charge is 2.30. The Bertz CT molecular complexity index is 1310. The third kappa shape index (κ3) is 5.63. The Kier molecular flexibility index (Phi) is 6.77. The average molecular weight is 481 g/mol. The van der Waals surface area contributed by atoms with Gasteiger partial charge in [0.05, 0.1) is 31.2 Å². The van der Waals surface area contributed by atoms with Crippen molar-refractivity contribution < 1.29 is 27.4 Å². The molecule has 4 aromatic rings. The molecule has 180 valence electrons. The van der Waals surface area contributed by atoms with Gasteiger partial charge in [-0.1, -0.05) is 24.3 Å². The molecule has 4 rings (SSSR count). The summed E-state index contributed by atoms with van der Waals surface area (Å²) in [6.07, 6.45) is -4.43. The molecule has 0 atom stereocenters. The summed E-state index contributed by atoms with van der Waals surface area (Å²) in [5.74, 6) is 0.997. The van der Waals surface area contributed by atoms with Crippen LogP contribution in [0.25, 0.3) is 22.5 Å². The third-order valence-electron chi connectivity index (χ3n) is 5.39. The van der Waals surface area contributed by atoms with Gasteiger partial charge in [-0.2, -0.15) is 18.3 Å². The van der Waals surface area contributed by atoms with Gasteiger partial charge < -0.3 is 14.8 Å². The van der Waals surface area contributed by atoms with Crippen molar-refractivity contribution in [3.8, 4) is 34.0 Å². The van der Waals surface area contributed by atoms with E-state index >= 15 is 0 Å². The molecular formula is C26H22F3N3O3. The molecule has 0 unspecified atom stereocenters. The molecule has 0 spiro atoms. The molecule has 0 aliphatic carbocycles. The first-order valence-electron chi connectivity index (χ1n) is 10.6. The number of nitrogens with one attached hydrogen (secondary N) is 2. The molecule has 3 aromatic carbocycles. The van der Waals surface area contributed by atoms with Crippen LogP contribution in [-0.2, 0) is 12.7 Å². The topological polar surface area (TPSA) is 76.2 Å². The lowest BCUT2D eigenvalue weighted by Gasteiger charge is -2.10. The number of aromatic nitrogens is 2. The van der Waals surface area contributed by atoms with Crippen molar-refractivity contribution in [2.45, 2.75) is 12.7 Å². The van der Waals surface area contributed by atoms with Gasteiger partial charge in [0.2, 0.25) is 0 Å². The van der Waals surface area contributed by atoms with Gasteiger partial charge in [0.25, 0.3) is 5.91 Å². The number of alkyl halides is 3. The molecule has 1 heterocycles. The second kappa shape index (κ2) is 9.92. The number of aromatic amines is 1. The standard InChI is InChI=1S/C26H22F3N3O3/c1-34-21-10-16(11-22(13-21)35-2)15-30-25(33)18-8-6-17(7-9-18)23-14-24(32-31-23)19-4-3-5-20(12-19)26(27,28)29/h3-14H,15H2,1-2H3,(H,30,33)(H,31,32). The first-order valence-corrected chi connectivity index (χ1v) is 10.6. The van der Waals surface area contributed by atoms with E-state index in [1.165, 1.54) is 6.07 Å². The van der Waals surface area contributed by atoms with Crippen LogP contribution in [0.1, 0.15) is 21.5 Å². The zero-order valence-electron chi connectivity index (χ0n) is 18.9. The van der Waals surface area contributed by atoms with E-state index in [-0.39, 0.29) is 12.5 Å². The van der Waals surface area contributed by atoms with Crippen LogP contribution >= 0.6 is 0 Å². The fraction of sp³-hybridized carbons (Fsp3) is 0.154. The zero-order valence-corrected chi connectivity index (χ0v) is 18.9. The number of nitrogens with zero attached hydrogens (tertiary/aromatic N) is 1. The maximum Gasteiger partial charge on any atom is 0.416 e. The average Bonchev–Trinajstić information content (AvgIpc) is 3.37. The number of amides is 1. The molecule has 6 nitrogen and oxygen atoms in total. The van der Waals surface area contributed by atoms with Crippen LogP contribution in [0.2, 0.25) is 0 Å². The lowest BCUT2D eigenvalue weighted by molar-refractivity contribution is -0.137. The third-order valence-corrected chi connectivity index (χ3v) is 5.39. The summed E-state index contributed by atoms with van der Waals surface area (Å²) in [7, 11) is 3.11. The molecule has 0 bridgehead atoms. The Morgan fingerprint density at radius 2 is 1.60 bits per heavy atom. The normalized spacial score (nSPS) is 11.2. The predicted octanol–water partition coefficient (Wildman–Crippen LogP) is 5.71. The lowest BCUT2D eigenvalue weighted by Crippen LogP contribution is -2.22. The van der Waals surface area contributed by atoms with Gasteiger partial charge in [-0.3, -0.25) is 9.89 Å². The van der Waals surface area contributed by atoms with Crippen LogP contribution in [0.5, 0.6) is 11.5 Å². The maximum absolute atomic E-state index is 13.0. The molecule has 0 radical (unpaired) electrons. The van der Waals surface area contributed by atoms with Crippen LogP contribution in [0.3, 0.4) is 0 Å². The Morgan fingerprint density at radius 1 is 0.914 bits per heavy atom. The van der Waals surface area contributed by atoms with Gasteiger partial charge >= 0.3 is 6.18 Å². The number of hydrogen-bond acceptors (Lipinski definition) is 4.